The molecule has 0 bridgehead atoms. The van der Waals surface area contributed by atoms with E-state index in [-0.39, 0.29) is 42.0 Å². The molecule has 0 amide bonds. The van der Waals surface area contributed by atoms with Crippen molar-refractivity contribution in [2.45, 2.75) is 167 Å². The third-order valence-electron chi connectivity index (χ3n) is 15.3. The van der Waals surface area contributed by atoms with E-state index in [0.717, 1.165) is 11.1 Å². The zero-order valence-corrected chi connectivity index (χ0v) is 33.9. The van der Waals surface area contributed by atoms with Crippen molar-refractivity contribution < 1.29 is 69.0 Å². The number of ketones is 2. The molecule has 3 heterocycles. The smallest absolute Gasteiger partial charge is 0.229 e. The first kappa shape index (κ1) is 42.1. The average molecular weight is 791 g/mol. The Morgan fingerprint density at radius 1 is 0.875 bits per heavy atom. The monoisotopic (exact) mass is 790 g/mol. The standard InChI is InChI=1S/C42H62O14/c1-18(2)12-20-14-41(8,51)34-24(53-20)15-39(6)26-11-10-21-22(42(26,9)27(44)16-40(34,39)7)13-23(35(50)38(21,4)5)54-37-33(31(48)29(46)25(17-43)55-37)56-36-32(49)30(47)28(45)19(3)52-36/h10,12-13,19-20,22,24-26,28-34,36-37,43,45-49,51H,11,14-17H2,1-9H3/t19-,20+,22-,24-,25+,26-,28-,29+,30+,31-,32+,33+,34+,36-,37+,39+,40-,41-,42-/m0/s1. The second kappa shape index (κ2) is 14.0. The molecule has 56 heavy (non-hydrogen) atoms. The molecule has 3 saturated heterocycles. The van der Waals surface area contributed by atoms with Crippen LogP contribution in [0.2, 0.25) is 0 Å². The second-order valence-electron chi connectivity index (χ2n) is 19.4. The molecule has 19 atom stereocenters. The Bertz CT molecular complexity index is 1680. The normalized spacial score (nSPS) is 52.5. The molecule has 2 saturated carbocycles. The van der Waals surface area contributed by atoms with Gasteiger partial charge >= 0.3 is 0 Å². The number of rotatable bonds is 6. The molecule has 5 fully saturated rings. The lowest BCUT2D eigenvalue weighted by molar-refractivity contribution is -0.360. The number of hydrogen-bond acceptors (Lipinski definition) is 14. The highest BCUT2D eigenvalue weighted by Gasteiger charge is 2.75. The third-order valence-corrected chi connectivity index (χ3v) is 15.3. The fourth-order valence-corrected chi connectivity index (χ4v) is 12.2. The van der Waals surface area contributed by atoms with E-state index in [1.165, 1.54) is 6.92 Å². The van der Waals surface area contributed by atoms with Crippen molar-refractivity contribution in [3.63, 3.8) is 0 Å². The van der Waals surface area contributed by atoms with Gasteiger partial charge in [-0.2, -0.15) is 0 Å². The van der Waals surface area contributed by atoms with Crippen molar-refractivity contribution in [2.75, 3.05) is 6.61 Å². The van der Waals surface area contributed by atoms with Gasteiger partial charge in [0.25, 0.3) is 0 Å². The van der Waals surface area contributed by atoms with E-state index >= 15 is 0 Å². The summed E-state index contributed by atoms with van der Waals surface area (Å²) in [6, 6.07) is 0. The van der Waals surface area contributed by atoms with Crippen LogP contribution in [0.3, 0.4) is 0 Å². The molecule has 7 N–H and O–H groups in total. The molecule has 3 aliphatic heterocycles. The lowest BCUT2D eigenvalue weighted by Gasteiger charge is -2.64. The van der Waals surface area contributed by atoms with Gasteiger partial charge in [-0.1, -0.05) is 44.1 Å². The van der Waals surface area contributed by atoms with Gasteiger partial charge in [-0.05, 0) is 77.2 Å². The molecule has 0 aromatic rings. The van der Waals surface area contributed by atoms with Crippen molar-refractivity contribution in [1.82, 2.24) is 0 Å². The molecular formula is C42H62O14. The Kier molecular flexibility index (Phi) is 10.5. The fraction of sp³-hybridized carbons (Fsp3) is 0.810. The summed E-state index contributed by atoms with van der Waals surface area (Å²) < 4.78 is 30.5. The molecule has 314 valence electrons. The maximum atomic E-state index is 15.0. The number of allylic oxidation sites excluding steroid dienone is 5. The molecular weight excluding hydrogens is 728 g/mol. The first-order chi connectivity index (χ1) is 25.9. The van der Waals surface area contributed by atoms with Gasteiger partial charge in [0.05, 0.1) is 35.9 Å². The number of fused-ring (bicyclic) bond motifs is 7. The quantitative estimate of drug-likeness (QED) is 0.190. The van der Waals surface area contributed by atoms with E-state index in [9.17, 15) is 45.3 Å². The van der Waals surface area contributed by atoms with E-state index in [0.29, 0.717) is 19.3 Å². The lowest BCUT2D eigenvalue weighted by atomic mass is 9.39. The number of aliphatic hydroxyl groups is 7. The SMILES string of the molecule is CC(C)=C[C@@H]1C[C@](C)(O)[C@@H]2[C@H](C[C@]3(C)[C@@H]4CC=C5[C@H](C=C(O[C@@H]6O[C@H](CO)[C@@H](O)[C@H](O)[C@H]6O[C@@H]6O[C@@H](C)[C@H](O)[C@@H](O)[C@H]6O)C(=O)C5(C)C)[C@]4(C)C(=O)C[C@@]23C)O1. The van der Waals surface area contributed by atoms with E-state index < -0.39 is 107 Å². The summed E-state index contributed by atoms with van der Waals surface area (Å²) in [5.74, 6) is -1.63. The van der Waals surface area contributed by atoms with Gasteiger partial charge in [0.1, 0.15) is 42.4 Å². The van der Waals surface area contributed by atoms with Crippen molar-refractivity contribution >= 4 is 11.6 Å². The van der Waals surface area contributed by atoms with Crippen molar-refractivity contribution in [2.24, 2.45) is 39.4 Å². The van der Waals surface area contributed by atoms with Gasteiger partial charge in [-0.15, -0.1) is 0 Å². The predicted octanol–water partition coefficient (Wildman–Crippen LogP) is 1.60. The largest absolute Gasteiger partial charge is 0.459 e. The highest BCUT2D eigenvalue weighted by Crippen LogP contribution is 2.75. The summed E-state index contributed by atoms with van der Waals surface area (Å²) in [6.07, 6.45) is -8.40. The number of carbonyl (C=O) groups is 2. The van der Waals surface area contributed by atoms with Crippen LogP contribution in [0, 0.1) is 39.4 Å². The van der Waals surface area contributed by atoms with Crippen molar-refractivity contribution in [3.8, 4) is 0 Å². The number of aliphatic hydroxyl groups excluding tert-OH is 6. The maximum absolute atomic E-state index is 15.0. The van der Waals surface area contributed by atoms with Crippen LogP contribution in [0.5, 0.6) is 0 Å². The van der Waals surface area contributed by atoms with Crippen molar-refractivity contribution in [3.05, 3.63) is 35.1 Å². The Balaban J connectivity index is 1.24. The van der Waals surface area contributed by atoms with Crippen LogP contribution >= 0.6 is 0 Å². The molecule has 4 aliphatic carbocycles. The number of carbonyl (C=O) groups excluding carboxylic acids is 2. The van der Waals surface area contributed by atoms with E-state index in [2.05, 4.69) is 26.0 Å². The number of ether oxygens (including phenoxy) is 5. The number of hydrogen-bond donors (Lipinski definition) is 7. The summed E-state index contributed by atoms with van der Waals surface area (Å²) in [5.41, 5.74) is -2.36. The van der Waals surface area contributed by atoms with Crippen LogP contribution in [0.1, 0.15) is 88.0 Å². The lowest BCUT2D eigenvalue weighted by Crippen LogP contribution is -2.65. The summed E-state index contributed by atoms with van der Waals surface area (Å²) in [4.78, 5) is 29.4. The minimum Gasteiger partial charge on any atom is -0.459 e. The zero-order chi connectivity index (χ0) is 41.2. The molecule has 0 aromatic heterocycles. The Labute approximate surface area is 328 Å². The van der Waals surface area contributed by atoms with Crippen molar-refractivity contribution in [1.29, 1.82) is 0 Å². The summed E-state index contributed by atoms with van der Waals surface area (Å²) in [7, 11) is 0. The molecule has 0 aromatic carbocycles. The van der Waals surface area contributed by atoms with Gasteiger partial charge in [-0.3, -0.25) is 9.59 Å². The van der Waals surface area contributed by atoms with E-state index in [4.69, 9.17) is 23.7 Å². The third kappa shape index (κ3) is 6.07. The highest BCUT2D eigenvalue weighted by molar-refractivity contribution is 6.02. The topological polar surface area (TPSA) is 222 Å². The summed E-state index contributed by atoms with van der Waals surface area (Å²) in [6.45, 7) is 16.5. The minimum absolute atomic E-state index is 0.0222. The van der Waals surface area contributed by atoms with Gasteiger partial charge in [0.2, 0.25) is 12.1 Å². The zero-order valence-electron chi connectivity index (χ0n) is 33.9. The highest BCUT2D eigenvalue weighted by atomic mass is 16.8. The molecule has 0 spiro atoms. The summed E-state index contributed by atoms with van der Waals surface area (Å²) in [5, 5.41) is 75.6. The van der Waals surface area contributed by atoms with Crippen LogP contribution in [-0.2, 0) is 33.3 Å². The van der Waals surface area contributed by atoms with Crippen LogP contribution in [0.15, 0.2) is 35.1 Å². The Hall–Kier alpha value is -2.08. The average Bonchev–Trinajstić information content (AvgIpc) is 3.34. The fourth-order valence-electron chi connectivity index (χ4n) is 12.2. The molecule has 7 rings (SSSR count). The van der Waals surface area contributed by atoms with E-state index in [1.54, 1.807) is 19.9 Å². The molecule has 0 unspecified atom stereocenters. The molecule has 7 aliphatic rings. The second-order valence-corrected chi connectivity index (χ2v) is 19.4. The van der Waals surface area contributed by atoms with Gasteiger partial charge < -0.3 is 59.4 Å². The number of Topliss-reactive ketones (excluding diaryl/α,β-unsaturated/α-hetero) is 2. The molecule has 0 radical (unpaired) electrons. The van der Waals surface area contributed by atoms with Crippen LogP contribution in [0.4, 0.5) is 0 Å². The molecule has 14 heteroatoms. The molecule has 14 nitrogen and oxygen atoms in total. The first-order valence-electron chi connectivity index (χ1n) is 20.1. The maximum Gasteiger partial charge on any atom is 0.229 e. The van der Waals surface area contributed by atoms with Crippen LogP contribution in [-0.4, -0.2) is 133 Å². The predicted molar refractivity (Wildman–Crippen MR) is 198 cm³/mol. The van der Waals surface area contributed by atoms with Gasteiger partial charge in [0.15, 0.2) is 18.2 Å². The Morgan fingerprint density at radius 2 is 1.55 bits per heavy atom. The first-order valence-corrected chi connectivity index (χ1v) is 20.1. The summed E-state index contributed by atoms with van der Waals surface area (Å²) >= 11 is 0. The van der Waals surface area contributed by atoms with E-state index in [1.807, 2.05) is 27.7 Å². The van der Waals surface area contributed by atoms with Crippen LogP contribution < -0.4 is 0 Å². The van der Waals surface area contributed by atoms with Gasteiger partial charge in [-0.25, -0.2) is 0 Å². The van der Waals surface area contributed by atoms with Gasteiger partial charge in [0, 0.05) is 30.1 Å². The van der Waals surface area contributed by atoms with Crippen LogP contribution in [0.25, 0.3) is 0 Å². The minimum atomic E-state index is -1.78. The Morgan fingerprint density at radius 3 is 2.20 bits per heavy atom.